The quantitative estimate of drug-likeness (QED) is 0.313. The molecule has 2 bridgehead atoms. The molecule has 0 radical (unpaired) electrons. The highest BCUT2D eigenvalue weighted by Crippen LogP contribution is 2.36. The first kappa shape index (κ1) is 27.2. The number of esters is 1. The van der Waals surface area contributed by atoms with Crippen molar-refractivity contribution in [1.82, 2.24) is 4.90 Å². The van der Waals surface area contributed by atoms with Crippen molar-refractivity contribution in [2.75, 3.05) is 13.7 Å². The van der Waals surface area contributed by atoms with Gasteiger partial charge in [-0.1, -0.05) is 30.3 Å². The number of benzene rings is 1. The molecule has 2 aliphatic heterocycles. The van der Waals surface area contributed by atoms with E-state index in [4.69, 9.17) is 25.2 Å². The van der Waals surface area contributed by atoms with Crippen LogP contribution in [0, 0.1) is 0 Å². The third kappa shape index (κ3) is 7.24. The van der Waals surface area contributed by atoms with E-state index in [0.29, 0.717) is 12.1 Å². The van der Waals surface area contributed by atoms with Crippen LogP contribution < -0.4 is 0 Å². The average Bonchev–Trinajstić information content (AvgIpc) is 2.95. The first-order valence-corrected chi connectivity index (χ1v) is 10.9. The van der Waals surface area contributed by atoms with Crippen molar-refractivity contribution >= 4 is 23.9 Å². The number of ether oxygens (including phenoxy) is 1. The van der Waals surface area contributed by atoms with Crippen LogP contribution in [0.15, 0.2) is 30.3 Å². The van der Waals surface area contributed by atoms with Crippen molar-refractivity contribution in [2.24, 2.45) is 0 Å². The van der Waals surface area contributed by atoms with Crippen LogP contribution in [-0.4, -0.2) is 91.8 Å². The Kier molecular flexibility index (Phi) is 9.54. The number of fused-ring (bicyclic) bond motifs is 2. The van der Waals surface area contributed by atoms with Crippen LogP contribution in [0.3, 0.4) is 0 Å². The number of carbonyl (C=O) groups excluding carboxylic acids is 1. The Bertz CT molecular complexity index is 844. The molecule has 3 unspecified atom stereocenters. The van der Waals surface area contributed by atoms with E-state index in [1.165, 1.54) is 12.8 Å². The van der Waals surface area contributed by atoms with Crippen LogP contribution >= 0.6 is 0 Å². The molecule has 2 aliphatic rings. The summed E-state index contributed by atoms with van der Waals surface area (Å²) < 4.78 is 5.70. The van der Waals surface area contributed by atoms with E-state index >= 15 is 0 Å². The molecule has 0 spiro atoms. The van der Waals surface area contributed by atoms with E-state index in [1.807, 2.05) is 30.3 Å². The van der Waals surface area contributed by atoms with E-state index in [0.717, 1.165) is 18.4 Å². The largest absolute Gasteiger partial charge is 0.481 e. The highest BCUT2D eigenvalue weighted by molar-refractivity contribution is 5.88. The average molecular weight is 481 g/mol. The fourth-order valence-corrected chi connectivity index (χ4v) is 4.42. The zero-order valence-corrected chi connectivity index (χ0v) is 18.9. The second-order valence-corrected chi connectivity index (χ2v) is 8.70. The molecule has 1 aromatic carbocycles. The first-order chi connectivity index (χ1) is 16.0. The summed E-state index contributed by atoms with van der Waals surface area (Å²) in [4.78, 5) is 45.3. The molecule has 0 amide bonds. The van der Waals surface area contributed by atoms with Crippen molar-refractivity contribution in [3.05, 3.63) is 35.9 Å². The van der Waals surface area contributed by atoms with Crippen molar-refractivity contribution in [2.45, 2.75) is 68.2 Å². The lowest BCUT2D eigenvalue weighted by atomic mass is 9.96. The van der Waals surface area contributed by atoms with Crippen LogP contribution in [0.4, 0.5) is 0 Å². The van der Waals surface area contributed by atoms with E-state index in [-0.39, 0.29) is 18.7 Å². The molecule has 1 aromatic rings. The van der Waals surface area contributed by atoms with E-state index < -0.39 is 42.3 Å². The van der Waals surface area contributed by atoms with Crippen molar-refractivity contribution in [3.8, 4) is 0 Å². The van der Waals surface area contributed by atoms with Gasteiger partial charge in [-0.05, 0) is 38.3 Å². The molecule has 34 heavy (non-hydrogen) atoms. The summed E-state index contributed by atoms with van der Waals surface area (Å²) in [5, 5.41) is 43.3. The van der Waals surface area contributed by atoms with Gasteiger partial charge in [0, 0.05) is 12.1 Å². The molecule has 11 nitrogen and oxygen atoms in total. The second-order valence-electron chi connectivity index (χ2n) is 8.70. The smallest absolute Gasteiger partial charge is 0.336 e. The number of rotatable bonds is 9. The molecular formula is C23H31NO10. The topological polar surface area (TPSA) is 182 Å². The van der Waals surface area contributed by atoms with E-state index in [2.05, 4.69) is 11.9 Å². The molecule has 2 heterocycles. The molecule has 2 fully saturated rings. The van der Waals surface area contributed by atoms with Gasteiger partial charge in [-0.3, -0.25) is 14.4 Å². The lowest BCUT2D eigenvalue weighted by Crippen LogP contribution is -2.43. The van der Waals surface area contributed by atoms with Gasteiger partial charge in [0.25, 0.3) is 0 Å². The fraction of sp³-hybridized carbons (Fsp3) is 0.565. The van der Waals surface area contributed by atoms with Crippen molar-refractivity contribution < 1.29 is 49.4 Å². The van der Waals surface area contributed by atoms with Crippen LogP contribution in [0.5, 0.6) is 0 Å². The Morgan fingerprint density at radius 3 is 1.91 bits per heavy atom. The third-order valence-corrected chi connectivity index (χ3v) is 6.29. The maximum absolute atomic E-state index is 12.4. The van der Waals surface area contributed by atoms with Crippen LogP contribution in [-0.2, 0) is 23.9 Å². The normalized spacial score (nSPS) is 22.7. The predicted octanol–water partition coefficient (Wildman–Crippen LogP) is 0.682. The number of aliphatic hydroxyl groups is 2. The van der Waals surface area contributed by atoms with Gasteiger partial charge >= 0.3 is 23.9 Å². The zero-order valence-electron chi connectivity index (χ0n) is 18.9. The van der Waals surface area contributed by atoms with Gasteiger partial charge in [0.2, 0.25) is 0 Å². The fourth-order valence-electron chi connectivity index (χ4n) is 4.42. The molecule has 0 saturated carbocycles. The summed E-state index contributed by atoms with van der Waals surface area (Å²) in [5.41, 5.74) is -1.92. The van der Waals surface area contributed by atoms with Gasteiger partial charge in [-0.2, -0.15) is 0 Å². The van der Waals surface area contributed by atoms with Crippen LogP contribution in [0.2, 0.25) is 0 Å². The molecule has 188 valence electrons. The summed E-state index contributed by atoms with van der Waals surface area (Å²) in [7, 11) is 2.17. The number of hydrogen-bond donors (Lipinski definition) is 5. The lowest BCUT2D eigenvalue weighted by Gasteiger charge is -2.36. The molecule has 3 rings (SSSR count). The molecule has 3 atom stereocenters. The zero-order chi connectivity index (χ0) is 25.5. The molecule has 11 heteroatoms. The van der Waals surface area contributed by atoms with Crippen LogP contribution in [0.25, 0.3) is 0 Å². The van der Waals surface area contributed by atoms with E-state index in [1.54, 1.807) is 0 Å². The Balaban J connectivity index is 0.000000273. The number of aliphatic hydroxyl groups excluding tert-OH is 1. The van der Waals surface area contributed by atoms with Gasteiger partial charge in [-0.15, -0.1) is 0 Å². The Labute approximate surface area is 196 Å². The maximum atomic E-state index is 12.4. The van der Waals surface area contributed by atoms with Crippen molar-refractivity contribution in [3.63, 3.8) is 0 Å². The molecular weight excluding hydrogens is 450 g/mol. The van der Waals surface area contributed by atoms with Gasteiger partial charge in [0.05, 0.1) is 19.4 Å². The second kappa shape index (κ2) is 11.9. The molecule has 2 saturated heterocycles. The third-order valence-electron chi connectivity index (χ3n) is 6.29. The Morgan fingerprint density at radius 2 is 1.50 bits per heavy atom. The Morgan fingerprint density at radius 1 is 1.00 bits per heavy atom. The van der Waals surface area contributed by atoms with Crippen LogP contribution in [0.1, 0.15) is 50.0 Å². The number of carbonyl (C=O) groups is 4. The first-order valence-electron chi connectivity index (χ1n) is 10.9. The van der Waals surface area contributed by atoms with Crippen molar-refractivity contribution in [1.29, 1.82) is 0 Å². The molecule has 0 aromatic heterocycles. The molecule has 0 aliphatic carbocycles. The number of carboxylic acids is 3. The Hall–Kier alpha value is -3.02. The van der Waals surface area contributed by atoms with Gasteiger partial charge in [0.1, 0.15) is 12.0 Å². The SMILES string of the molecule is CN1C2CCC1CC(OC(=O)C(CO)c1ccccc1)C2.O=C(O)CC(O)(CC(=O)O)C(=O)O. The summed E-state index contributed by atoms with van der Waals surface area (Å²) in [6.07, 6.45) is 1.97. The minimum Gasteiger partial charge on any atom is -0.481 e. The highest BCUT2D eigenvalue weighted by Gasteiger charge is 2.41. The standard InChI is InChI=1S/C17H23NO3.C6H8O7/c1-18-13-7-8-14(18)10-15(9-13)21-17(20)16(11-19)12-5-3-2-4-6-12;7-3(8)1-6(13,5(11)12)2-4(9)10/h2-6,13-16,19H,7-11H2,1H3;13H,1-2H2,(H,7,8)(H,9,10)(H,11,12). The number of carboxylic acid groups (broad SMARTS) is 3. The maximum Gasteiger partial charge on any atom is 0.336 e. The predicted molar refractivity (Wildman–Crippen MR) is 117 cm³/mol. The minimum atomic E-state index is -2.74. The number of piperidine rings is 1. The number of nitrogens with zero attached hydrogens (tertiary/aromatic N) is 1. The summed E-state index contributed by atoms with van der Waals surface area (Å²) in [6.45, 7) is -0.206. The van der Waals surface area contributed by atoms with Gasteiger partial charge in [0.15, 0.2) is 5.60 Å². The number of hydrogen-bond acceptors (Lipinski definition) is 8. The minimum absolute atomic E-state index is 0.00367. The van der Waals surface area contributed by atoms with Gasteiger partial charge < -0.3 is 35.2 Å². The summed E-state index contributed by atoms with van der Waals surface area (Å²) in [5.74, 6) is -5.88. The monoisotopic (exact) mass is 481 g/mol. The summed E-state index contributed by atoms with van der Waals surface area (Å²) in [6, 6.07) is 10.5. The van der Waals surface area contributed by atoms with E-state index in [9.17, 15) is 24.3 Å². The van der Waals surface area contributed by atoms with Gasteiger partial charge in [-0.25, -0.2) is 4.79 Å². The summed E-state index contributed by atoms with van der Waals surface area (Å²) >= 11 is 0. The highest BCUT2D eigenvalue weighted by atomic mass is 16.5. The molecule has 5 N–H and O–H groups in total. The lowest BCUT2D eigenvalue weighted by molar-refractivity contribution is -0.170. The number of aliphatic carboxylic acids is 3.